The van der Waals surface area contributed by atoms with Crippen molar-refractivity contribution in [3.05, 3.63) is 124 Å². The number of para-hydroxylation sites is 1. The summed E-state index contributed by atoms with van der Waals surface area (Å²) < 4.78 is 0. The van der Waals surface area contributed by atoms with Crippen molar-refractivity contribution < 1.29 is 0 Å². The molecular formula is C34H31N3. The summed E-state index contributed by atoms with van der Waals surface area (Å²) in [6.07, 6.45) is 3.56. The van der Waals surface area contributed by atoms with Crippen LogP contribution in [0.4, 0.5) is 0 Å². The third-order valence-electron chi connectivity index (χ3n) is 7.59. The van der Waals surface area contributed by atoms with Gasteiger partial charge in [0.15, 0.2) is 0 Å². The van der Waals surface area contributed by atoms with Gasteiger partial charge in [-0.2, -0.15) is 0 Å². The standard InChI is InChI=1S/C34H31N3/c1-21-7-5-8-25-10-12-29(37-34(21)25)16-23(3)26-11-13-31-24(4)17-30(36-33(31)19-26)18-28-20-32-27(15-22(28)2)9-6-14-35-32/h5-15,17,19-20,23H,16,18H2,1-4H3. The predicted octanol–water partition coefficient (Wildman–Crippen LogP) is 8.19. The molecule has 182 valence electrons. The third kappa shape index (κ3) is 4.58. The minimum Gasteiger partial charge on any atom is -0.256 e. The quantitative estimate of drug-likeness (QED) is 0.249. The van der Waals surface area contributed by atoms with Crippen molar-refractivity contribution in [3.8, 4) is 0 Å². The smallest absolute Gasteiger partial charge is 0.0734 e. The molecule has 0 aliphatic heterocycles. The highest BCUT2D eigenvalue weighted by Gasteiger charge is 2.13. The van der Waals surface area contributed by atoms with Gasteiger partial charge in [0.05, 0.1) is 16.6 Å². The monoisotopic (exact) mass is 481 g/mol. The third-order valence-corrected chi connectivity index (χ3v) is 7.59. The maximum atomic E-state index is 5.12. The maximum Gasteiger partial charge on any atom is 0.0734 e. The Labute approximate surface area is 218 Å². The lowest BCUT2D eigenvalue weighted by molar-refractivity contribution is 0.744. The van der Waals surface area contributed by atoms with Gasteiger partial charge in [-0.3, -0.25) is 15.0 Å². The summed E-state index contributed by atoms with van der Waals surface area (Å²) in [7, 11) is 0. The fourth-order valence-electron chi connectivity index (χ4n) is 5.43. The average molecular weight is 482 g/mol. The molecule has 1 unspecified atom stereocenters. The number of nitrogens with zero attached hydrogens (tertiary/aromatic N) is 3. The molecule has 6 rings (SSSR count). The topological polar surface area (TPSA) is 38.7 Å². The van der Waals surface area contributed by atoms with Gasteiger partial charge in [0.1, 0.15) is 0 Å². The van der Waals surface area contributed by atoms with Crippen molar-refractivity contribution >= 4 is 32.7 Å². The molecule has 0 aliphatic rings. The Morgan fingerprint density at radius 1 is 0.676 bits per heavy atom. The number of hydrogen-bond donors (Lipinski definition) is 0. The Morgan fingerprint density at radius 3 is 2.43 bits per heavy atom. The lowest BCUT2D eigenvalue weighted by Gasteiger charge is -2.15. The second-order valence-electron chi connectivity index (χ2n) is 10.4. The zero-order valence-corrected chi connectivity index (χ0v) is 21.9. The summed E-state index contributed by atoms with van der Waals surface area (Å²) in [5.41, 5.74) is 11.8. The molecule has 3 aromatic heterocycles. The van der Waals surface area contributed by atoms with Crippen molar-refractivity contribution in [2.24, 2.45) is 0 Å². The van der Waals surface area contributed by atoms with Gasteiger partial charge in [-0.25, -0.2) is 0 Å². The molecule has 0 saturated carbocycles. The molecule has 1 atom stereocenters. The Morgan fingerprint density at radius 2 is 1.54 bits per heavy atom. The first kappa shape index (κ1) is 23.3. The summed E-state index contributed by atoms with van der Waals surface area (Å²) in [6.45, 7) is 8.78. The SMILES string of the molecule is Cc1cc2cccnc2cc1Cc1cc(C)c2ccc(C(C)Cc3ccc4cccc(C)c4n3)cc2n1. The van der Waals surface area contributed by atoms with Crippen molar-refractivity contribution in [3.63, 3.8) is 0 Å². The normalized spacial score (nSPS) is 12.4. The molecule has 0 spiro atoms. The number of benzene rings is 3. The lowest BCUT2D eigenvalue weighted by Crippen LogP contribution is -2.02. The first-order valence-electron chi connectivity index (χ1n) is 13.0. The number of aryl methyl sites for hydroxylation is 3. The Bertz CT molecular complexity index is 1780. The Balaban J connectivity index is 1.30. The number of aromatic nitrogens is 3. The highest BCUT2D eigenvalue weighted by molar-refractivity contribution is 5.84. The van der Waals surface area contributed by atoms with E-state index in [2.05, 4.69) is 105 Å². The number of hydrogen-bond acceptors (Lipinski definition) is 3. The van der Waals surface area contributed by atoms with E-state index in [-0.39, 0.29) is 0 Å². The van der Waals surface area contributed by atoms with Gasteiger partial charge in [0, 0.05) is 40.2 Å². The minimum atomic E-state index is 0.345. The van der Waals surface area contributed by atoms with Gasteiger partial charge >= 0.3 is 0 Å². The first-order chi connectivity index (χ1) is 17.9. The van der Waals surface area contributed by atoms with Crippen LogP contribution in [0.3, 0.4) is 0 Å². The Kier molecular flexibility index (Phi) is 5.92. The molecule has 37 heavy (non-hydrogen) atoms. The van der Waals surface area contributed by atoms with Crippen molar-refractivity contribution in [2.75, 3.05) is 0 Å². The van der Waals surface area contributed by atoms with Crippen LogP contribution in [-0.4, -0.2) is 15.0 Å². The van der Waals surface area contributed by atoms with Gasteiger partial charge < -0.3 is 0 Å². The maximum absolute atomic E-state index is 5.12. The highest BCUT2D eigenvalue weighted by atomic mass is 14.7. The summed E-state index contributed by atoms with van der Waals surface area (Å²) in [4.78, 5) is 14.7. The van der Waals surface area contributed by atoms with Gasteiger partial charge in [0.2, 0.25) is 0 Å². The van der Waals surface area contributed by atoms with Crippen molar-refractivity contribution in [2.45, 2.75) is 46.5 Å². The Hall–Kier alpha value is -4.11. The fraction of sp³-hybridized carbons (Fsp3) is 0.206. The van der Waals surface area contributed by atoms with Gasteiger partial charge in [0.25, 0.3) is 0 Å². The van der Waals surface area contributed by atoms with E-state index in [4.69, 9.17) is 9.97 Å². The van der Waals surface area contributed by atoms with Crippen molar-refractivity contribution in [1.82, 2.24) is 15.0 Å². The summed E-state index contributed by atoms with van der Waals surface area (Å²) in [5.74, 6) is 0.345. The van der Waals surface area contributed by atoms with E-state index in [1.54, 1.807) is 0 Å². The molecule has 3 heterocycles. The van der Waals surface area contributed by atoms with Crippen LogP contribution in [0.1, 0.15) is 52.0 Å². The van der Waals surface area contributed by atoms with E-state index in [0.29, 0.717) is 5.92 Å². The van der Waals surface area contributed by atoms with Crippen LogP contribution in [0, 0.1) is 20.8 Å². The molecule has 0 N–H and O–H groups in total. The van der Waals surface area contributed by atoms with Crippen LogP contribution in [0.15, 0.2) is 85.1 Å². The molecule has 0 aliphatic carbocycles. The minimum absolute atomic E-state index is 0.345. The number of fused-ring (bicyclic) bond motifs is 3. The fourth-order valence-corrected chi connectivity index (χ4v) is 5.43. The molecule has 0 amide bonds. The van der Waals surface area contributed by atoms with Crippen LogP contribution in [0.2, 0.25) is 0 Å². The molecule has 0 radical (unpaired) electrons. The molecule has 3 nitrogen and oxygen atoms in total. The summed E-state index contributed by atoms with van der Waals surface area (Å²) in [6, 6.07) is 28.3. The predicted molar refractivity (Wildman–Crippen MR) is 154 cm³/mol. The van der Waals surface area contributed by atoms with Crippen LogP contribution in [0.5, 0.6) is 0 Å². The zero-order chi connectivity index (χ0) is 25.5. The average Bonchev–Trinajstić information content (AvgIpc) is 2.89. The molecule has 3 heteroatoms. The number of pyridine rings is 3. The van der Waals surface area contributed by atoms with E-state index in [1.165, 1.54) is 44.0 Å². The van der Waals surface area contributed by atoms with Gasteiger partial charge in [-0.05, 0) is 97.3 Å². The van der Waals surface area contributed by atoms with E-state index in [1.807, 2.05) is 12.3 Å². The van der Waals surface area contributed by atoms with Crippen molar-refractivity contribution in [1.29, 1.82) is 0 Å². The van der Waals surface area contributed by atoms with E-state index in [9.17, 15) is 0 Å². The zero-order valence-electron chi connectivity index (χ0n) is 21.9. The molecule has 3 aromatic carbocycles. The number of rotatable bonds is 5. The molecular weight excluding hydrogens is 450 g/mol. The summed E-state index contributed by atoms with van der Waals surface area (Å²) in [5, 5.41) is 3.60. The lowest BCUT2D eigenvalue weighted by atomic mass is 9.93. The highest BCUT2D eigenvalue weighted by Crippen LogP contribution is 2.28. The second kappa shape index (κ2) is 9.40. The van der Waals surface area contributed by atoms with Crippen LogP contribution < -0.4 is 0 Å². The second-order valence-corrected chi connectivity index (χ2v) is 10.4. The van der Waals surface area contributed by atoms with E-state index >= 15 is 0 Å². The van der Waals surface area contributed by atoms with E-state index in [0.717, 1.165) is 40.8 Å². The molecule has 0 fully saturated rings. The summed E-state index contributed by atoms with van der Waals surface area (Å²) >= 11 is 0. The van der Waals surface area contributed by atoms with Gasteiger partial charge in [-0.15, -0.1) is 0 Å². The first-order valence-corrected chi connectivity index (χ1v) is 13.0. The van der Waals surface area contributed by atoms with Crippen LogP contribution in [0.25, 0.3) is 32.7 Å². The molecule has 6 aromatic rings. The van der Waals surface area contributed by atoms with Crippen LogP contribution >= 0.6 is 0 Å². The largest absolute Gasteiger partial charge is 0.256 e. The van der Waals surface area contributed by atoms with E-state index < -0.39 is 0 Å². The van der Waals surface area contributed by atoms with Crippen LogP contribution in [-0.2, 0) is 12.8 Å². The molecule has 0 bridgehead atoms. The van der Waals surface area contributed by atoms with Gasteiger partial charge in [-0.1, -0.05) is 49.4 Å². The molecule has 0 saturated heterocycles.